The van der Waals surface area contributed by atoms with E-state index in [0.717, 1.165) is 28.6 Å². The van der Waals surface area contributed by atoms with Gasteiger partial charge in [0.15, 0.2) is 8.32 Å². The molecule has 44 heavy (non-hydrogen) atoms. The summed E-state index contributed by atoms with van der Waals surface area (Å²) in [4.78, 5) is 36.4. The molecule has 11 heteroatoms. The lowest BCUT2D eigenvalue weighted by atomic mass is 9.92. The number of ether oxygens (including phenoxy) is 1. The maximum atomic E-state index is 13.5. The molecule has 0 aliphatic carbocycles. The van der Waals surface area contributed by atoms with Crippen molar-refractivity contribution in [2.45, 2.75) is 64.4 Å². The molecule has 0 unspecified atom stereocenters. The molecule has 5 rings (SSSR count). The molecule has 2 aliphatic rings. The zero-order valence-electron chi connectivity index (χ0n) is 26.4. The van der Waals surface area contributed by atoms with Crippen LogP contribution in [0.3, 0.4) is 0 Å². The number of rotatable bonds is 7. The minimum Gasteiger partial charge on any atom is -0.465 e. The van der Waals surface area contributed by atoms with Crippen LogP contribution in [0.5, 0.6) is 0 Å². The Morgan fingerprint density at radius 1 is 1.14 bits per heavy atom. The fourth-order valence-corrected chi connectivity index (χ4v) is 7.07. The first-order chi connectivity index (χ1) is 20.8. The van der Waals surface area contributed by atoms with Crippen LogP contribution in [0, 0.1) is 5.92 Å². The highest BCUT2D eigenvalue weighted by molar-refractivity contribution is 6.74. The SMILES string of the molecule is C[C@H]1CN(c2ccncc2NC(=O)c2ccc3ccc(C4=CCOCC4)cc3n2)C[C@@H](NC(=O)O)[C@@H]1O[Si](C)(C)C(C)(C)C. The molecule has 0 saturated carbocycles. The van der Waals surface area contributed by atoms with Gasteiger partial charge in [-0.05, 0) is 53.9 Å². The average Bonchev–Trinajstić information content (AvgIpc) is 2.98. The first-order valence-corrected chi connectivity index (χ1v) is 18.1. The highest BCUT2D eigenvalue weighted by Gasteiger charge is 2.45. The zero-order valence-corrected chi connectivity index (χ0v) is 27.4. The van der Waals surface area contributed by atoms with Crippen LogP contribution in [-0.2, 0) is 9.16 Å². The van der Waals surface area contributed by atoms with Gasteiger partial charge < -0.3 is 29.8 Å². The second-order valence-corrected chi connectivity index (χ2v) is 18.0. The Morgan fingerprint density at radius 2 is 1.91 bits per heavy atom. The molecule has 0 bridgehead atoms. The smallest absolute Gasteiger partial charge is 0.405 e. The second-order valence-electron chi connectivity index (χ2n) is 13.3. The summed E-state index contributed by atoms with van der Waals surface area (Å²) in [6.07, 6.45) is 4.86. The fourth-order valence-electron chi connectivity index (χ4n) is 5.64. The summed E-state index contributed by atoms with van der Waals surface area (Å²) in [5.41, 5.74) is 4.64. The van der Waals surface area contributed by atoms with E-state index < -0.39 is 20.5 Å². The van der Waals surface area contributed by atoms with Gasteiger partial charge in [0, 0.05) is 30.6 Å². The van der Waals surface area contributed by atoms with Crippen LogP contribution in [0.25, 0.3) is 16.5 Å². The number of hydrogen-bond acceptors (Lipinski definition) is 7. The lowest BCUT2D eigenvalue weighted by molar-refractivity contribution is 0.0722. The molecule has 0 radical (unpaired) electrons. The predicted octanol–water partition coefficient (Wildman–Crippen LogP) is 6.17. The van der Waals surface area contributed by atoms with Crippen molar-refractivity contribution in [3.05, 3.63) is 66.1 Å². The number of fused-ring (bicyclic) bond motifs is 1. The van der Waals surface area contributed by atoms with Crippen molar-refractivity contribution in [1.29, 1.82) is 0 Å². The molecule has 0 spiro atoms. The third kappa shape index (κ3) is 6.95. The van der Waals surface area contributed by atoms with Crippen LogP contribution in [-0.4, -0.2) is 73.8 Å². The topological polar surface area (TPSA) is 126 Å². The number of nitrogens with one attached hydrogen (secondary N) is 2. The van der Waals surface area contributed by atoms with E-state index in [0.29, 0.717) is 37.7 Å². The second kappa shape index (κ2) is 12.7. The minimum atomic E-state index is -2.17. The van der Waals surface area contributed by atoms with Crippen molar-refractivity contribution in [2.75, 3.05) is 36.5 Å². The number of nitrogens with zero attached hydrogens (tertiary/aromatic N) is 3. The summed E-state index contributed by atoms with van der Waals surface area (Å²) < 4.78 is 12.2. The summed E-state index contributed by atoms with van der Waals surface area (Å²) >= 11 is 0. The van der Waals surface area contributed by atoms with Crippen molar-refractivity contribution in [3.8, 4) is 0 Å². The van der Waals surface area contributed by atoms with Crippen LogP contribution in [0.4, 0.5) is 16.2 Å². The predicted molar refractivity (Wildman–Crippen MR) is 176 cm³/mol. The van der Waals surface area contributed by atoms with Crippen LogP contribution in [0.2, 0.25) is 18.1 Å². The van der Waals surface area contributed by atoms with Crippen molar-refractivity contribution in [3.63, 3.8) is 0 Å². The van der Waals surface area contributed by atoms with Gasteiger partial charge in [-0.25, -0.2) is 9.78 Å². The Balaban J connectivity index is 1.37. The summed E-state index contributed by atoms with van der Waals surface area (Å²) in [7, 11) is -2.17. The molecule has 4 heterocycles. The quantitative estimate of drug-likeness (QED) is 0.269. The number of hydrogen-bond donors (Lipinski definition) is 3. The minimum absolute atomic E-state index is 0.0132. The van der Waals surface area contributed by atoms with Crippen molar-refractivity contribution >= 4 is 48.2 Å². The Hall–Kier alpha value is -3.80. The molecule has 1 saturated heterocycles. The normalized spacial score (nSPS) is 21.1. The van der Waals surface area contributed by atoms with Crippen LogP contribution >= 0.6 is 0 Å². The van der Waals surface area contributed by atoms with Gasteiger partial charge in [0.2, 0.25) is 0 Å². The van der Waals surface area contributed by atoms with E-state index in [1.54, 1.807) is 18.5 Å². The van der Waals surface area contributed by atoms with Crippen molar-refractivity contribution in [2.24, 2.45) is 5.92 Å². The molecular formula is C33H43N5O5Si. The molecular weight excluding hydrogens is 574 g/mol. The van der Waals surface area contributed by atoms with Gasteiger partial charge in [-0.1, -0.05) is 52.0 Å². The zero-order chi connectivity index (χ0) is 31.6. The van der Waals surface area contributed by atoms with E-state index in [2.05, 4.69) is 73.4 Å². The molecule has 2 amide bonds. The molecule has 1 fully saturated rings. The van der Waals surface area contributed by atoms with Gasteiger partial charge >= 0.3 is 6.09 Å². The van der Waals surface area contributed by atoms with E-state index in [9.17, 15) is 14.7 Å². The van der Waals surface area contributed by atoms with Gasteiger partial charge in [-0.15, -0.1) is 0 Å². The maximum Gasteiger partial charge on any atom is 0.405 e. The summed E-state index contributed by atoms with van der Waals surface area (Å²) in [6, 6.07) is 11.1. The van der Waals surface area contributed by atoms with E-state index in [4.69, 9.17) is 14.1 Å². The summed E-state index contributed by atoms with van der Waals surface area (Å²) in [6.45, 7) is 15.3. The molecule has 3 atom stereocenters. The van der Waals surface area contributed by atoms with E-state index in [-0.39, 0.29) is 23.0 Å². The molecule has 1 aromatic carbocycles. The summed E-state index contributed by atoms with van der Waals surface area (Å²) in [5.74, 6) is -0.324. The van der Waals surface area contributed by atoms with Gasteiger partial charge in [0.1, 0.15) is 5.69 Å². The van der Waals surface area contributed by atoms with E-state index >= 15 is 0 Å². The number of carboxylic acid groups (broad SMARTS) is 1. The molecule has 234 valence electrons. The number of anilines is 2. The molecule has 2 aromatic heterocycles. The average molecular weight is 618 g/mol. The number of benzene rings is 1. The molecule has 3 aromatic rings. The first kappa shape index (κ1) is 31.6. The third-order valence-electron chi connectivity index (χ3n) is 9.07. The van der Waals surface area contributed by atoms with E-state index in [1.807, 2.05) is 24.3 Å². The first-order valence-electron chi connectivity index (χ1n) is 15.2. The van der Waals surface area contributed by atoms with E-state index in [1.165, 1.54) is 5.57 Å². The molecule has 10 nitrogen and oxygen atoms in total. The maximum absolute atomic E-state index is 13.5. The number of carbonyl (C=O) groups is 2. The Bertz CT molecular complexity index is 1570. The fraction of sp³-hybridized carbons (Fsp3) is 0.455. The van der Waals surface area contributed by atoms with Crippen LogP contribution in [0.1, 0.15) is 50.2 Å². The van der Waals surface area contributed by atoms with Crippen molar-refractivity contribution < 1.29 is 23.9 Å². The van der Waals surface area contributed by atoms with Gasteiger partial charge in [0.05, 0.1) is 48.4 Å². The highest BCUT2D eigenvalue weighted by Crippen LogP contribution is 2.40. The molecule has 3 N–H and O–H groups in total. The van der Waals surface area contributed by atoms with Crippen LogP contribution in [0.15, 0.2) is 54.9 Å². The highest BCUT2D eigenvalue weighted by atomic mass is 28.4. The number of piperidine rings is 1. The number of pyridine rings is 2. The van der Waals surface area contributed by atoms with Gasteiger partial charge in [-0.2, -0.15) is 0 Å². The van der Waals surface area contributed by atoms with Gasteiger partial charge in [0.25, 0.3) is 5.91 Å². The molecule has 2 aliphatic heterocycles. The number of carbonyl (C=O) groups excluding carboxylic acids is 1. The Morgan fingerprint density at radius 3 is 2.61 bits per heavy atom. The van der Waals surface area contributed by atoms with Crippen LogP contribution < -0.4 is 15.5 Å². The largest absolute Gasteiger partial charge is 0.465 e. The number of aromatic nitrogens is 2. The number of amides is 2. The third-order valence-corrected chi connectivity index (χ3v) is 13.5. The van der Waals surface area contributed by atoms with Crippen molar-refractivity contribution in [1.82, 2.24) is 15.3 Å². The Kier molecular flexibility index (Phi) is 9.10. The standard InChI is InChI=1S/C33H43N5O5Si/c1-21-19-38(20-28(37-32(40)41)30(21)43-44(5,6)33(2,3)4)29-11-14-34-18-27(29)36-31(39)25-10-9-23-7-8-24(17-26(23)35-25)22-12-15-42-16-13-22/h7-12,14,17-18,21,28,30,37H,13,15-16,19-20H2,1-6H3,(H,36,39)(H,40,41)/t21-,28+,30+/m0/s1. The lowest BCUT2D eigenvalue weighted by Gasteiger charge is -2.48. The monoisotopic (exact) mass is 617 g/mol. The summed E-state index contributed by atoms with van der Waals surface area (Å²) in [5, 5.41) is 16.4. The van der Waals surface area contributed by atoms with Gasteiger partial charge in [-0.3, -0.25) is 9.78 Å². The Labute approximate surface area is 260 Å². The lowest BCUT2D eigenvalue weighted by Crippen LogP contribution is -2.62.